The van der Waals surface area contributed by atoms with Crippen LogP contribution in [0.3, 0.4) is 0 Å². The van der Waals surface area contributed by atoms with Gasteiger partial charge in [-0.25, -0.2) is 0 Å². The largest absolute Gasteiger partial charge is 0.319 e. The van der Waals surface area contributed by atoms with Crippen molar-refractivity contribution < 1.29 is 0 Å². The van der Waals surface area contributed by atoms with E-state index in [-0.39, 0.29) is 16.3 Å². The first kappa shape index (κ1) is 13.6. The summed E-state index contributed by atoms with van der Waals surface area (Å²) in [5.41, 5.74) is 3.32. The highest BCUT2D eigenvalue weighted by Gasteiger charge is 2.45. The van der Waals surface area contributed by atoms with E-state index in [1.807, 2.05) is 18.2 Å². The lowest BCUT2D eigenvalue weighted by atomic mass is 9.82. The molecule has 4 rings (SSSR count). The predicted octanol–water partition coefficient (Wildman–Crippen LogP) is 4.41. The first-order valence-electron chi connectivity index (χ1n) is 7.89. The van der Waals surface area contributed by atoms with Crippen LogP contribution in [-0.4, -0.2) is 4.40 Å². The quantitative estimate of drug-likeness (QED) is 0.562. The Morgan fingerprint density at radius 3 is 2.50 bits per heavy atom. The molecule has 0 atom stereocenters. The smallest absolute Gasteiger partial charge is 0.186 e. The Morgan fingerprint density at radius 1 is 1.00 bits per heavy atom. The van der Waals surface area contributed by atoms with E-state index in [0.717, 1.165) is 22.9 Å². The fraction of sp³-hybridized carbons (Fsp3) is 0.350. The lowest BCUT2D eigenvalue weighted by molar-refractivity contribution is 0.397. The molecule has 0 bridgehead atoms. The summed E-state index contributed by atoms with van der Waals surface area (Å²) in [4.78, 5) is 12.9. The van der Waals surface area contributed by atoms with Crippen molar-refractivity contribution in [3.05, 3.63) is 64.1 Å². The van der Waals surface area contributed by atoms with Gasteiger partial charge >= 0.3 is 0 Å². The van der Waals surface area contributed by atoms with Gasteiger partial charge < -0.3 is 4.40 Å². The third-order valence-corrected chi connectivity index (χ3v) is 5.09. The highest BCUT2D eigenvalue weighted by atomic mass is 16.1. The van der Waals surface area contributed by atoms with Crippen molar-refractivity contribution in [1.82, 2.24) is 4.40 Å². The molecular weight excluding hydrogens is 270 g/mol. The number of hydrogen-bond acceptors (Lipinski definition) is 1. The van der Waals surface area contributed by atoms with E-state index in [4.69, 9.17) is 0 Å². The first-order valence-corrected chi connectivity index (χ1v) is 7.89. The lowest BCUT2D eigenvalue weighted by Gasteiger charge is -2.23. The summed E-state index contributed by atoms with van der Waals surface area (Å²) in [6.07, 6.45) is 3.13. The zero-order valence-electron chi connectivity index (χ0n) is 13.6. The fourth-order valence-electron chi connectivity index (χ4n) is 4.61. The van der Waals surface area contributed by atoms with Crippen molar-refractivity contribution in [1.29, 1.82) is 0 Å². The summed E-state index contributed by atoms with van der Waals surface area (Å²) in [5.74, 6) is 0. The average Bonchev–Trinajstić information content (AvgIpc) is 2.64. The molecule has 0 fully saturated rings. The molecule has 1 aliphatic rings. The normalized spacial score (nSPS) is 18.7. The molecule has 0 saturated heterocycles. The fourth-order valence-corrected chi connectivity index (χ4v) is 4.61. The molecular formula is C20H21NO. The van der Waals surface area contributed by atoms with Crippen LogP contribution >= 0.6 is 0 Å². The molecule has 0 amide bonds. The molecule has 112 valence electrons. The molecule has 0 aliphatic heterocycles. The van der Waals surface area contributed by atoms with Crippen LogP contribution in [0.1, 0.15) is 45.4 Å². The number of rotatable bonds is 0. The molecule has 0 N–H and O–H groups in total. The average molecular weight is 291 g/mol. The van der Waals surface area contributed by atoms with Crippen molar-refractivity contribution in [3.63, 3.8) is 0 Å². The summed E-state index contributed by atoms with van der Waals surface area (Å²) in [6.45, 7) is 8.88. The minimum Gasteiger partial charge on any atom is -0.319 e. The Hall–Kier alpha value is -2.09. The molecule has 0 unspecified atom stereocenters. The van der Waals surface area contributed by atoms with E-state index in [2.05, 4.69) is 56.5 Å². The predicted molar refractivity (Wildman–Crippen MR) is 91.8 cm³/mol. The SMILES string of the molecule is CC1(C)CC(C)(C)c2c1c(=O)cc1c3ccccc3ccn21. The Morgan fingerprint density at radius 2 is 1.73 bits per heavy atom. The van der Waals surface area contributed by atoms with Gasteiger partial charge in [0.2, 0.25) is 0 Å². The highest BCUT2D eigenvalue weighted by Crippen LogP contribution is 2.48. The van der Waals surface area contributed by atoms with Crippen LogP contribution in [0.4, 0.5) is 0 Å². The number of aromatic nitrogens is 1. The third kappa shape index (κ3) is 1.64. The molecule has 0 spiro atoms. The second-order valence-corrected chi connectivity index (χ2v) is 7.83. The first-order chi connectivity index (χ1) is 10.3. The molecule has 2 heteroatoms. The van der Waals surface area contributed by atoms with E-state index < -0.39 is 0 Å². The van der Waals surface area contributed by atoms with Crippen molar-refractivity contribution in [3.8, 4) is 0 Å². The molecule has 0 saturated carbocycles. The molecule has 2 aromatic heterocycles. The van der Waals surface area contributed by atoms with E-state index in [0.29, 0.717) is 0 Å². The van der Waals surface area contributed by atoms with Crippen LogP contribution in [0.2, 0.25) is 0 Å². The molecule has 1 aromatic carbocycles. The Balaban J connectivity index is 2.27. The molecule has 2 nitrogen and oxygen atoms in total. The Labute approximate surface area is 130 Å². The van der Waals surface area contributed by atoms with Crippen molar-refractivity contribution in [2.24, 2.45) is 0 Å². The Bertz CT molecular complexity index is 976. The van der Waals surface area contributed by atoms with Crippen LogP contribution in [0, 0.1) is 0 Å². The van der Waals surface area contributed by atoms with Crippen molar-refractivity contribution >= 4 is 16.3 Å². The lowest BCUT2D eigenvalue weighted by Crippen LogP contribution is -2.23. The summed E-state index contributed by atoms with van der Waals surface area (Å²) in [5, 5.41) is 2.32. The number of nitrogens with zero attached hydrogens (tertiary/aromatic N) is 1. The molecule has 22 heavy (non-hydrogen) atoms. The van der Waals surface area contributed by atoms with Gasteiger partial charge in [-0.1, -0.05) is 52.0 Å². The number of fused-ring (bicyclic) bond motifs is 5. The second-order valence-electron chi connectivity index (χ2n) is 7.83. The minimum atomic E-state index is -0.0667. The molecule has 2 heterocycles. The minimum absolute atomic E-state index is 0.00459. The van der Waals surface area contributed by atoms with Gasteiger partial charge in [-0.3, -0.25) is 4.79 Å². The van der Waals surface area contributed by atoms with E-state index in [9.17, 15) is 4.79 Å². The number of hydrogen-bond donors (Lipinski definition) is 0. The highest BCUT2D eigenvalue weighted by molar-refractivity contribution is 5.95. The van der Waals surface area contributed by atoms with Crippen LogP contribution in [-0.2, 0) is 10.8 Å². The maximum Gasteiger partial charge on any atom is 0.186 e. The van der Waals surface area contributed by atoms with Crippen LogP contribution in [0.25, 0.3) is 16.3 Å². The van der Waals surface area contributed by atoms with Gasteiger partial charge in [-0.2, -0.15) is 0 Å². The zero-order chi connectivity index (χ0) is 15.7. The standard InChI is InChI=1S/C20H21NO/c1-19(2)12-20(3,4)18-17(19)16(22)11-15-14-8-6-5-7-13(14)9-10-21(15)18/h5-11H,12H2,1-4H3. The maximum absolute atomic E-state index is 12.9. The van der Waals surface area contributed by atoms with Gasteiger partial charge in [0, 0.05) is 34.3 Å². The number of pyridine rings is 2. The Kier molecular flexibility index (Phi) is 2.47. The monoisotopic (exact) mass is 291 g/mol. The van der Waals surface area contributed by atoms with Crippen molar-refractivity contribution in [2.75, 3.05) is 0 Å². The van der Waals surface area contributed by atoms with Gasteiger partial charge in [0.1, 0.15) is 0 Å². The molecule has 1 aliphatic carbocycles. The summed E-state index contributed by atoms with van der Waals surface area (Å²) in [7, 11) is 0. The summed E-state index contributed by atoms with van der Waals surface area (Å²) < 4.78 is 2.24. The van der Waals surface area contributed by atoms with Gasteiger partial charge in [0.15, 0.2) is 5.43 Å². The van der Waals surface area contributed by atoms with E-state index in [1.54, 1.807) is 0 Å². The van der Waals surface area contributed by atoms with Gasteiger partial charge in [0.25, 0.3) is 0 Å². The summed E-state index contributed by atoms with van der Waals surface area (Å²) >= 11 is 0. The van der Waals surface area contributed by atoms with E-state index in [1.165, 1.54) is 11.1 Å². The van der Waals surface area contributed by atoms with Crippen molar-refractivity contribution in [2.45, 2.75) is 44.9 Å². The zero-order valence-corrected chi connectivity index (χ0v) is 13.6. The van der Waals surface area contributed by atoms with E-state index >= 15 is 0 Å². The third-order valence-electron chi connectivity index (χ3n) is 5.09. The maximum atomic E-state index is 12.9. The second kappa shape index (κ2) is 4.01. The van der Waals surface area contributed by atoms with Gasteiger partial charge in [0.05, 0.1) is 5.52 Å². The number of benzene rings is 1. The topological polar surface area (TPSA) is 21.5 Å². The van der Waals surface area contributed by atoms with Gasteiger partial charge in [-0.15, -0.1) is 0 Å². The van der Waals surface area contributed by atoms with Gasteiger partial charge in [-0.05, 0) is 23.3 Å². The summed E-state index contributed by atoms with van der Waals surface area (Å²) in [6, 6.07) is 12.2. The van der Waals surface area contributed by atoms with Crippen LogP contribution in [0.15, 0.2) is 47.4 Å². The molecule has 0 radical (unpaired) electrons. The molecule has 3 aromatic rings. The van der Waals surface area contributed by atoms with Crippen LogP contribution < -0.4 is 5.43 Å². The van der Waals surface area contributed by atoms with Crippen LogP contribution in [0.5, 0.6) is 0 Å².